The van der Waals surface area contributed by atoms with E-state index >= 15 is 0 Å². The van der Waals surface area contributed by atoms with Crippen molar-refractivity contribution in [1.29, 1.82) is 0 Å². The number of pyridine rings is 1. The Labute approximate surface area is 214 Å². The Kier molecular flexibility index (Phi) is 5.59. The molecule has 0 spiro atoms. The summed E-state index contributed by atoms with van der Waals surface area (Å²) in [6.45, 7) is 0.317. The van der Waals surface area contributed by atoms with E-state index in [9.17, 15) is 14.7 Å². The van der Waals surface area contributed by atoms with Gasteiger partial charge in [0, 0.05) is 33.2 Å². The summed E-state index contributed by atoms with van der Waals surface area (Å²) >= 11 is 6.99. The van der Waals surface area contributed by atoms with Gasteiger partial charge in [-0.05, 0) is 48.5 Å². The first-order valence-electron chi connectivity index (χ1n) is 11.2. The highest BCUT2D eigenvalue weighted by Gasteiger charge is 2.29. The normalized spacial score (nSPS) is 12.5. The fraction of sp³-hybridized carbons (Fsp3) is 0.0714. The fourth-order valence-corrected chi connectivity index (χ4v) is 5.43. The van der Waals surface area contributed by atoms with Crippen LogP contribution in [0.4, 0.5) is 0 Å². The van der Waals surface area contributed by atoms with Gasteiger partial charge < -0.3 is 14.3 Å². The van der Waals surface area contributed by atoms with Crippen LogP contribution in [0.3, 0.4) is 0 Å². The average molecular weight is 516 g/mol. The van der Waals surface area contributed by atoms with Crippen LogP contribution in [0.1, 0.15) is 5.56 Å². The number of aromatic hydroxyl groups is 1. The lowest BCUT2D eigenvalue weighted by molar-refractivity contribution is 0.326. The molecule has 36 heavy (non-hydrogen) atoms. The maximum atomic E-state index is 14.1. The number of hydrogen-bond acceptors (Lipinski definition) is 6. The molecule has 0 bridgehead atoms. The third kappa shape index (κ3) is 3.68. The van der Waals surface area contributed by atoms with Crippen LogP contribution in [0.25, 0.3) is 27.9 Å². The smallest absolute Gasteiger partial charge is 0.354 e. The SMILES string of the molecule is O=c1oc2c3c(n(-c4ccccc4)c(=O)c2c(O)c1Sc1ccc(Cl)cc1)-c1ccccc1OCC3. The number of benzene rings is 3. The first kappa shape index (κ1) is 22.5. The number of hydrogen-bond donors (Lipinski definition) is 1. The van der Waals surface area contributed by atoms with Crippen molar-refractivity contribution < 1.29 is 14.3 Å². The van der Waals surface area contributed by atoms with Crippen LogP contribution in [0, 0.1) is 0 Å². The van der Waals surface area contributed by atoms with Gasteiger partial charge in [0.25, 0.3) is 5.56 Å². The van der Waals surface area contributed by atoms with Crippen LogP contribution in [-0.4, -0.2) is 16.3 Å². The lowest BCUT2D eigenvalue weighted by Crippen LogP contribution is -2.23. The molecule has 0 aliphatic carbocycles. The van der Waals surface area contributed by atoms with Gasteiger partial charge in [0.15, 0.2) is 11.3 Å². The summed E-state index contributed by atoms with van der Waals surface area (Å²) in [5, 5.41) is 11.8. The molecule has 3 heterocycles. The average Bonchev–Trinajstić information content (AvgIpc) is 3.08. The summed E-state index contributed by atoms with van der Waals surface area (Å²) < 4.78 is 13.3. The van der Waals surface area contributed by atoms with Crippen molar-refractivity contribution in [2.45, 2.75) is 16.2 Å². The van der Waals surface area contributed by atoms with E-state index in [1.165, 1.54) is 0 Å². The van der Waals surface area contributed by atoms with Crippen LogP contribution >= 0.6 is 23.4 Å². The number of ether oxygens (including phenoxy) is 1. The van der Waals surface area contributed by atoms with E-state index in [1.807, 2.05) is 54.6 Å². The molecule has 0 saturated heterocycles. The highest BCUT2D eigenvalue weighted by atomic mass is 35.5. The van der Waals surface area contributed by atoms with Gasteiger partial charge in [-0.1, -0.05) is 53.7 Å². The van der Waals surface area contributed by atoms with Crippen molar-refractivity contribution in [1.82, 2.24) is 4.57 Å². The summed E-state index contributed by atoms with van der Waals surface area (Å²) in [5.41, 5.74) is 1.37. The Hall–Kier alpha value is -3.94. The molecule has 8 heteroatoms. The Morgan fingerprint density at radius 1 is 0.917 bits per heavy atom. The van der Waals surface area contributed by atoms with Crippen LogP contribution in [0.15, 0.2) is 103 Å². The number of rotatable bonds is 3. The standard InChI is InChI=1S/C28H18ClNO5S/c29-16-10-12-18(13-11-16)36-26-24(31)22-25(35-28(26)33)20-14-15-34-21-9-5-4-8-19(21)23(20)30(27(22)32)17-6-2-1-3-7-17/h1-13,31H,14-15H2. The third-order valence-electron chi connectivity index (χ3n) is 6.06. The van der Waals surface area contributed by atoms with Crippen molar-refractivity contribution in [2.75, 3.05) is 6.61 Å². The second-order valence-electron chi connectivity index (χ2n) is 8.23. The van der Waals surface area contributed by atoms with E-state index < -0.39 is 16.9 Å². The molecular weight excluding hydrogens is 498 g/mol. The maximum absolute atomic E-state index is 14.1. The minimum Gasteiger partial charge on any atom is -0.505 e. The van der Waals surface area contributed by atoms with E-state index in [0.717, 1.165) is 11.8 Å². The summed E-state index contributed by atoms with van der Waals surface area (Å²) in [6.07, 6.45) is 0.375. The molecule has 0 atom stereocenters. The minimum atomic E-state index is -0.725. The molecular formula is C28H18ClNO5S. The van der Waals surface area contributed by atoms with Crippen molar-refractivity contribution in [3.05, 3.63) is 110 Å². The molecule has 2 aromatic heterocycles. The predicted octanol–water partition coefficient (Wildman–Crippen LogP) is 6.06. The van der Waals surface area contributed by atoms with Gasteiger partial charge in [-0.15, -0.1) is 0 Å². The first-order chi connectivity index (χ1) is 17.5. The number of para-hydroxylation sites is 2. The molecule has 0 radical (unpaired) electrons. The largest absolute Gasteiger partial charge is 0.505 e. The molecule has 0 unspecified atom stereocenters. The van der Waals surface area contributed by atoms with Crippen molar-refractivity contribution in [3.63, 3.8) is 0 Å². The van der Waals surface area contributed by atoms with E-state index in [0.29, 0.717) is 51.2 Å². The quantitative estimate of drug-likeness (QED) is 0.315. The minimum absolute atomic E-state index is 0.0481. The summed E-state index contributed by atoms with van der Waals surface area (Å²) in [7, 11) is 0. The Morgan fingerprint density at radius 3 is 2.42 bits per heavy atom. The van der Waals surface area contributed by atoms with Crippen LogP contribution in [0.5, 0.6) is 11.5 Å². The summed E-state index contributed by atoms with van der Waals surface area (Å²) in [4.78, 5) is 27.8. The molecule has 0 saturated carbocycles. The van der Waals surface area contributed by atoms with Gasteiger partial charge in [0.1, 0.15) is 16.0 Å². The predicted molar refractivity (Wildman–Crippen MR) is 140 cm³/mol. The number of aromatic nitrogens is 1. The number of halogens is 1. The highest BCUT2D eigenvalue weighted by molar-refractivity contribution is 7.99. The second kappa shape index (κ2) is 8.93. The number of nitrogens with zero attached hydrogens (tertiary/aromatic N) is 1. The zero-order valence-corrected chi connectivity index (χ0v) is 20.3. The van der Waals surface area contributed by atoms with E-state index in [1.54, 1.807) is 28.8 Å². The molecule has 5 aromatic rings. The van der Waals surface area contributed by atoms with Crippen molar-refractivity contribution in [3.8, 4) is 28.4 Å². The molecule has 6 nitrogen and oxygen atoms in total. The molecule has 1 N–H and O–H groups in total. The molecule has 3 aromatic carbocycles. The molecule has 0 amide bonds. The Balaban J connectivity index is 1.71. The zero-order chi connectivity index (χ0) is 24.8. The maximum Gasteiger partial charge on any atom is 0.354 e. The van der Waals surface area contributed by atoms with E-state index in [4.69, 9.17) is 20.8 Å². The van der Waals surface area contributed by atoms with Crippen LogP contribution < -0.4 is 15.9 Å². The monoisotopic (exact) mass is 515 g/mol. The molecule has 1 aliphatic rings. The first-order valence-corrected chi connectivity index (χ1v) is 12.4. The highest BCUT2D eigenvalue weighted by Crippen LogP contribution is 2.42. The lowest BCUT2D eigenvalue weighted by atomic mass is 10.00. The molecule has 1 aliphatic heterocycles. The van der Waals surface area contributed by atoms with Gasteiger partial charge in [0.05, 0.1) is 12.3 Å². The molecule has 178 valence electrons. The van der Waals surface area contributed by atoms with Gasteiger partial charge >= 0.3 is 5.63 Å². The topological polar surface area (TPSA) is 81.7 Å². The zero-order valence-electron chi connectivity index (χ0n) is 18.7. The van der Waals surface area contributed by atoms with Gasteiger partial charge in [-0.25, -0.2) is 4.79 Å². The molecule has 6 rings (SSSR count). The van der Waals surface area contributed by atoms with Crippen molar-refractivity contribution >= 4 is 34.3 Å². The van der Waals surface area contributed by atoms with Crippen LogP contribution in [0.2, 0.25) is 5.02 Å². The fourth-order valence-electron chi connectivity index (χ4n) is 4.47. The summed E-state index contributed by atoms with van der Waals surface area (Å²) in [5.74, 6) is 0.221. The van der Waals surface area contributed by atoms with Gasteiger partial charge in [-0.2, -0.15) is 0 Å². The van der Waals surface area contributed by atoms with Crippen molar-refractivity contribution in [2.24, 2.45) is 0 Å². The van der Waals surface area contributed by atoms with E-state index in [-0.39, 0.29) is 15.9 Å². The Bertz CT molecular complexity index is 1740. The molecule has 0 fully saturated rings. The second-order valence-corrected chi connectivity index (χ2v) is 9.75. The van der Waals surface area contributed by atoms with Gasteiger partial charge in [-0.3, -0.25) is 9.36 Å². The third-order valence-corrected chi connectivity index (χ3v) is 7.38. The van der Waals surface area contributed by atoms with Crippen LogP contribution in [-0.2, 0) is 6.42 Å². The lowest BCUT2D eigenvalue weighted by Gasteiger charge is -2.19. The summed E-state index contributed by atoms with van der Waals surface area (Å²) in [6, 6.07) is 23.4. The number of fused-ring (bicyclic) bond motifs is 5. The van der Waals surface area contributed by atoms with Gasteiger partial charge in [0.2, 0.25) is 0 Å². The Morgan fingerprint density at radius 2 is 1.64 bits per heavy atom. The van der Waals surface area contributed by atoms with E-state index in [2.05, 4.69) is 0 Å².